The molecule has 0 atom stereocenters. The Morgan fingerprint density at radius 3 is 2.79 bits per heavy atom. The molecule has 2 N–H and O–H groups in total. The number of rotatable bonds is 1. The number of aromatic nitrogens is 1. The maximum atomic E-state index is 5.78. The van der Waals surface area contributed by atoms with Crippen molar-refractivity contribution in [3.05, 3.63) is 30.9 Å². The highest BCUT2D eigenvalue weighted by atomic mass is 32.2. The van der Waals surface area contributed by atoms with E-state index in [0.717, 1.165) is 5.69 Å². The largest absolute Gasteiger partial charge is 0.396 e. The van der Waals surface area contributed by atoms with Crippen LogP contribution >= 0.6 is 25.6 Å². The molecule has 0 spiro atoms. The molecule has 0 bridgehead atoms. The quantitative estimate of drug-likeness (QED) is 0.739. The van der Waals surface area contributed by atoms with Gasteiger partial charge in [-0.15, -0.1) is 0 Å². The van der Waals surface area contributed by atoms with Crippen LogP contribution < -0.4 is 10.0 Å². The highest BCUT2D eigenvalue weighted by molar-refractivity contribution is 7.98. The molecule has 14 heavy (non-hydrogen) atoms. The minimum atomic E-state index is 0. The Morgan fingerprint density at radius 2 is 2.21 bits per heavy atom. The summed E-state index contributed by atoms with van der Waals surface area (Å²) in [5.41, 5.74) is 7.44. The van der Waals surface area contributed by atoms with Gasteiger partial charge in [-0.2, -0.15) is 13.5 Å². The van der Waals surface area contributed by atoms with Gasteiger partial charge >= 0.3 is 0 Å². The first kappa shape index (κ1) is 11.1. The van der Waals surface area contributed by atoms with E-state index in [2.05, 4.69) is 4.98 Å². The average Bonchev–Trinajstić information content (AvgIpc) is 2.53. The molecule has 1 aromatic rings. The lowest BCUT2D eigenvalue weighted by Crippen LogP contribution is -2.07. The molecule has 1 aliphatic heterocycles. The first-order valence-electron chi connectivity index (χ1n) is 3.85. The fourth-order valence-electron chi connectivity index (χ4n) is 1.07. The number of nitrogen functional groups attached to an aromatic ring is 1. The van der Waals surface area contributed by atoms with Crippen molar-refractivity contribution in [3.8, 4) is 0 Å². The molecule has 0 aromatic carbocycles. The molecule has 2 rings (SSSR count). The zero-order chi connectivity index (χ0) is 9.26. The van der Waals surface area contributed by atoms with Crippen molar-refractivity contribution in [2.24, 2.45) is 0 Å². The summed E-state index contributed by atoms with van der Waals surface area (Å²) in [4.78, 5) is 3.94. The van der Waals surface area contributed by atoms with Gasteiger partial charge < -0.3 is 10.0 Å². The molecule has 0 saturated carbocycles. The number of nitrogens with zero attached hydrogens (tertiary/aromatic N) is 3. The molecular formula is C8H12N4S2. The Labute approximate surface area is 94.5 Å². The van der Waals surface area contributed by atoms with Gasteiger partial charge in [0.05, 0.1) is 29.7 Å². The topological polar surface area (TPSA) is 45.4 Å². The zero-order valence-corrected chi connectivity index (χ0v) is 9.53. The standard InChI is InChI=1S/C8H10N4S.H2S/c1-11-4-5-12(13-11)8-2-3-10-6-7(8)9;/h2-6H,9H2,1H3;1H2. The average molecular weight is 228 g/mol. The van der Waals surface area contributed by atoms with Crippen LogP contribution in [0.4, 0.5) is 11.4 Å². The lowest BCUT2D eigenvalue weighted by Gasteiger charge is -2.16. The summed E-state index contributed by atoms with van der Waals surface area (Å²) in [7, 11) is 1.98. The van der Waals surface area contributed by atoms with Gasteiger partial charge in [0.15, 0.2) is 0 Å². The Bertz CT molecular complexity index is 342. The highest BCUT2D eigenvalue weighted by Gasteiger charge is 2.14. The minimum Gasteiger partial charge on any atom is -0.396 e. The lowest BCUT2D eigenvalue weighted by molar-refractivity contribution is 0.788. The molecule has 76 valence electrons. The summed E-state index contributed by atoms with van der Waals surface area (Å²) in [6.07, 6.45) is 7.33. The molecule has 0 radical (unpaired) electrons. The summed E-state index contributed by atoms with van der Waals surface area (Å²) >= 11 is 1.58. The summed E-state index contributed by atoms with van der Waals surface area (Å²) in [6, 6.07) is 1.89. The molecule has 2 heterocycles. The molecule has 6 heteroatoms. The van der Waals surface area contributed by atoms with E-state index in [9.17, 15) is 0 Å². The first-order valence-corrected chi connectivity index (χ1v) is 4.58. The second-order valence-electron chi connectivity index (χ2n) is 2.69. The normalized spacial score (nSPS) is 14.4. The van der Waals surface area contributed by atoms with Gasteiger partial charge in [-0.05, 0) is 6.07 Å². The van der Waals surface area contributed by atoms with E-state index in [-0.39, 0.29) is 13.5 Å². The third kappa shape index (κ3) is 2.08. The van der Waals surface area contributed by atoms with Crippen LogP contribution in [0, 0.1) is 0 Å². The molecule has 0 aliphatic carbocycles. The van der Waals surface area contributed by atoms with Crippen molar-refractivity contribution in [3.63, 3.8) is 0 Å². The van der Waals surface area contributed by atoms with Crippen molar-refractivity contribution in [1.29, 1.82) is 0 Å². The molecular weight excluding hydrogens is 216 g/mol. The van der Waals surface area contributed by atoms with E-state index in [1.165, 1.54) is 0 Å². The number of hydrogen-bond donors (Lipinski definition) is 1. The molecule has 0 saturated heterocycles. The van der Waals surface area contributed by atoms with Crippen LogP contribution in [-0.4, -0.2) is 16.3 Å². The maximum Gasteiger partial charge on any atom is 0.0796 e. The number of pyridine rings is 1. The second-order valence-corrected chi connectivity index (χ2v) is 3.82. The van der Waals surface area contributed by atoms with Crippen LogP contribution in [0.15, 0.2) is 30.9 Å². The SMILES string of the molecule is CN1C=CN(c2ccncc2N)S1.S. The monoisotopic (exact) mass is 228 g/mol. The van der Waals surface area contributed by atoms with E-state index in [0.29, 0.717) is 5.69 Å². The van der Waals surface area contributed by atoms with E-state index < -0.39 is 0 Å². The number of nitrogens with two attached hydrogens (primary N) is 1. The number of anilines is 2. The minimum absolute atomic E-state index is 0. The molecule has 0 amide bonds. The molecule has 1 aliphatic rings. The van der Waals surface area contributed by atoms with Crippen LogP contribution in [0.25, 0.3) is 0 Å². The fraction of sp³-hybridized carbons (Fsp3) is 0.125. The van der Waals surface area contributed by atoms with Gasteiger partial charge in [0.1, 0.15) is 0 Å². The van der Waals surface area contributed by atoms with Crippen molar-refractivity contribution < 1.29 is 0 Å². The van der Waals surface area contributed by atoms with E-state index >= 15 is 0 Å². The third-order valence-corrected chi connectivity index (χ3v) is 2.57. The summed E-state index contributed by atoms with van der Waals surface area (Å²) in [6.45, 7) is 0. The van der Waals surface area contributed by atoms with Crippen LogP contribution in [0.2, 0.25) is 0 Å². The smallest absolute Gasteiger partial charge is 0.0796 e. The Hall–Kier alpha value is -1.01. The Kier molecular flexibility index (Phi) is 3.54. The van der Waals surface area contributed by atoms with Gasteiger partial charge in [0.2, 0.25) is 0 Å². The first-order chi connectivity index (χ1) is 6.27. The molecule has 0 unspecified atom stereocenters. The fourth-order valence-corrected chi connectivity index (χ4v) is 1.82. The van der Waals surface area contributed by atoms with E-state index in [4.69, 9.17) is 5.73 Å². The zero-order valence-electron chi connectivity index (χ0n) is 7.71. The Balaban J connectivity index is 0.000000980. The van der Waals surface area contributed by atoms with Crippen molar-refractivity contribution in [2.45, 2.75) is 0 Å². The number of hydrogen-bond acceptors (Lipinski definition) is 5. The molecule has 4 nitrogen and oxygen atoms in total. The second kappa shape index (κ2) is 4.47. The van der Waals surface area contributed by atoms with Gasteiger partial charge in [0.25, 0.3) is 0 Å². The predicted octanol–water partition coefficient (Wildman–Crippen LogP) is 1.56. The highest BCUT2D eigenvalue weighted by Crippen LogP contribution is 2.32. The van der Waals surface area contributed by atoms with E-state index in [1.807, 2.05) is 34.1 Å². The van der Waals surface area contributed by atoms with Crippen molar-refractivity contribution >= 4 is 37.0 Å². The van der Waals surface area contributed by atoms with Crippen molar-refractivity contribution in [1.82, 2.24) is 9.29 Å². The van der Waals surface area contributed by atoms with E-state index in [1.54, 1.807) is 24.5 Å². The van der Waals surface area contributed by atoms with Gasteiger partial charge in [-0.25, -0.2) is 0 Å². The maximum absolute atomic E-state index is 5.78. The van der Waals surface area contributed by atoms with Gasteiger partial charge in [0, 0.05) is 25.6 Å². The van der Waals surface area contributed by atoms with Crippen LogP contribution in [0.1, 0.15) is 0 Å². The van der Waals surface area contributed by atoms with Gasteiger partial charge in [-0.3, -0.25) is 9.29 Å². The third-order valence-electron chi connectivity index (χ3n) is 1.69. The Morgan fingerprint density at radius 1 is 1.43 bits per heavy atom. The lowest BCUT2D eigenvalue weighted by atomic mass is 10.3. The summed E-state index contributed by atoms with van der Waals surface area (Å²) in [5, 5.41) is 0. The predicted molar refractivity (Wildman–Crippen MR) is 66.0 cm³/mol. The molecule has 1 aromatic heterocycles. The summed E-state index contributed by atoms with van der Waals surface area (Å²) in [5.74, 6) is 0. The summed E-state index contributed by atoms with van der Waals surface area (Å²) < 4.78 is 4.00. The van der Waals surface area contributed by atoms with Crippen LogP contribution in [-0.2, 0) is 0 Å². The molecule has 0 fully saturated rings. The van der Waals surface area contributed by atoms with Gasteiger partial charge in [-0.1, -0.05) is 0 Å². The van der Waals surface area contributed by atoms with Crippen LogP contribution in [0.5, 0.6) is 0 Å². The van der Waals surface area contributed by atoms with Crippen molar-refractivity contribution in [2.75, 3.05) is 17.1 Å². The van der Waals surface area contributed by atoms with Crippen LogP contribution in [0.3, 0.4) is 0 Å².